The van der Waals surface area contributed by atoms with E-state index < -0.39 is 0 Å². The first kappa shape index (κ1) is 14.5. The van der Waals surface area contributed by atoms with E-state index in [0.29, 0.717) is 0 Å². The van der Waals surface area contributed by atoms with E-state index in [-0.39, 0.29) is 10.6 Å². The number of nitro groups is 1. The van der Waals surface area contributed by atoms with E-state index in [2.05, 4.69) is 15.0 Å². The van der Waals surface area contributed by atoms with Crippen LogP contribution in [0.3, 0.4) is 0 Å². The summed E-state index contributed by atoms with van der Waals surface area (Å²) in [4.78, 5) is 14.9. The predicted molar refractivity (Wildman–Crippen MR) is 81.8 cm³/mol. The Morgan fingerprint density at radius 3 is 2.45 bits per heavy atom. The quantitative estimate of drug-likeness (QED) is 0.636. The van der Waals surface area contributed by atoms with E-state index in [1.807, 2.05) is 25.1 Å². The Morgan fingerprint density at radius 1 is 1.23 bits per heavy atom. The van der Waals surface area contributed by atoms with Crippen molar-refractivity contribution in [1.82, 2.24) is 10.1 Å². The monoisotopic (exact) mass is 302 g/mol. The van der Waals surface area contributed by atoms with Crippen LogP contribution in [0, 0.1) is 17.0 Å². The number of nitrogens with zero attached hydrogens (tertiary/aromatic N) is 4. The minimum absolute atomic E-state index is 0.129. The van der Waals surface area contributed by atoms with Crippen LogP contribution in [0.25, 0.3) is 0 Å². The number of aryl methyl sites for hydroxylation is 1. The summed E-state index contributed by atoms with van der Waals surface area (Å²) in [5.74, 6) is 0.833. The van der Waals surface area contributed by atoms with Crippen LogP contribution in [0.15, 0.2) is 34.9 Å². The summed E-state index contributed by atoms with van der Waals surface area (Å²) in [7, 11) is 0. The summed E-state index contributed by atoms with van der Waals surface area (Å²) in [5, 5.41) is 14.7. The molecule has 2 heterocycles. The fourth-order valence-electron chi connectivity index (χ4n) is 2.67. The van der Waals surface area contributed by atoms with Gasteiger partial charge in [0.15, 0.2) is 0 Å². The normalized spacial score (nSPS) is 16.0. The number of non-ortho nitro benzene ring substituents is 1. The number of benzene rings is 1. The van der Waals surface area contributed by atoms with Crippen molar-refractivity contribution in [3.8, 4) is 0 Å². The average Bonchev–Trinajstić information content (AvgIpc) is 2.93. The van der Waals surface area contributed by atoms with Crippen LogP contribution in [0.4, 0.5) is 11.4 Å². The van der Waals surface area contributed by atoms with Crippen LogP contribution in [0.5, 0.6) is 0 Å². The van der Waals surface area contributed by atoms with Crippen LogP contribution < -0.4 is 4.90 Å². The van der Waals surface area contributed by atoms with E-state index in [1.54, 1.807) is 12.1 Å². The molecule has 7 heteroatoms. The van der Waals surface area contributed by atoms with Gasteiger partial charge in [0.25, 0.3) is 5.69 Å². The maximum atomic E-state index is 10.7. The van der Waals surface area contributed by atoms with Gasteiger partial charge in [-0.15, -0.1) is 0 Å². The lowest BCUT2D eigenvalue weighted by Gasteiger charge is -2.35. The van der Waals surface area contributed by atoms with Gasteiger partial charge < -0.3 is 9.42 Å². The average molecular weight is 302 g/mol. The summed E-state index contributed by atoms with van der Waals surface area (Å²) in [6.45, 7) is 6.35. The Hall–Kier alpha value is -2.41. The standard InChI is InChI=1S/C15H18N4O3/c1-12-10-13(16-22-12)11-17-6-8-18(9-7-17)14-2-4-15(5-3-14)19(20)21/h2-5,10H,6-9,11H2,1H3. The summed E-state index contributed by atoms with van der Waals surface area (Å²) in [5.41, 5.74) is 2.12. The fraction of sp³-hybridized carbons (Fsp3) is 0.400. The molecule has 0 atom stereocenters. The van der Waals surface area contributed by atoms with Gasteiger partial charge in [-0.05, 0) is 19.1 Å². The number of nitro benzene ring substituents is 1. The molecule has 0 aliphatic carbocycles. The first-order chi connectivity index (χ1) is 10.6. The first-order valence-electron chi connectivity index (χ1n) is 7.26. The summed E-state index contributed by atoms with van der Waals surface area (Å²) >= 11 is 0. The van der Waals surface area contributed by atoms with Crippen LogP contribution in [0.1, 0.15) is 11.5 Å². The topological polar surface area (TPSA) is 75.7 Å². The number of rotatable bonds is 4. The molecule has 1 fully saturated rings. The molecular weight excluding hydrogens is 284 g/mol. The Bertz CT molecular complexity index is 645. The molecule has 0 unspecified atom stereocenters. The molecule has 0 N–H and O–H groups in total. The zero-order chi connectivity index (χ0) is 15.5. The summed E-state index contributed by atoms with van der Waals surface area (Å²) in [6.07, 6.45) is 0. The maximum Gasteiger partial charge on any atom is 0.269 e. The number of hydrogen-bond acceptors (Lipinski definition) is 6. The van der Waals surface area contributed by atoms with Crippen LogP contribution in [-0.2, 0) is 6.54 Å². The predicted octanol–water partition coefficient (Wildman–Crippen LogP) is 2.21. The molecule has 1 aliphatic heterocycles. The highest BCUT2D eigenvalue weighted by molar-refractivity contribution is 5.51. The van der Waals surface area contributed by atoms with Crippen molar-refractivity contribution in [3.63, 3.8) is 0 Å². The van der Waals surface area contributed by atoms with Gasteiger partial charge in [-0.25, -0.2) is 0 Å². The molecule has 7 nitrogen and oxygen atoms in total. The molecule has 3 rings (SSSR count). The van der Waals surface area contributed by atoms with Gasteiger partial charge in [-0.1, -0.05) is 5.16 Å². The van der Waals surface area contributed by atoms with Crippen LogP contribution in [-0.4, -0.2) is 41.2 Å². The Kier molecular flexibility index (Phi) is 4.06. The molecule has 2 aromatic rings. The van der Waals surface area contributed by atoms with E-state index in [4.69, 9.17) is 4.52 Å². The summed E-state index contributed by atoms with van der Waals surface area (Å²) in [6, 6.07) is 8.70. The van der Waals surface area contributed by atoms with Crippen molar-refractivity contribution >= 4 is 11.4 Å². The number of aromatic nitrogens is 1. The molecule has 0 saturated carbocycles. The molecule has 116 valence electrons. The second-order valence-electron chi connectivity index (χ2n) is 5.47. The molecule has 0 radical (unpaired) electrons. The second kappa shape index (κ2) is 6.15. The molecule has 22 heavy (non-hydrogen) atoms. The molecular formula is C15H18N4O3. The SMILES string of the molecule is Cc1cc(CN2CCN(c3ccc([N+](=O)[O-])cc3)CC2)no1. The Labute approximate surface area is 128 Å². The largest absolute Gasteiger partial charge is 0.369 e. The van der Waals surface area contributed by atoms with Gasteiger partial charge in [0, 0.05) is 56.6 Å². The van der Waals surface area contributed by atoms with E-state index >= 15 is 0 Å². The Balaban J connectivity index is 1.56. The first-order valence-corrected chi connectivity index (χ1v) is 7.26. The molecule has 1 aromatic carbocycles. The lowest BCUT2D eigenvalue weighted by molar-refractivity contribution is -0.384. The van der Waals surface area contributed by atoms with Gasteiger partial charge >= 0.3 is 0 Å². The summed E-state index contributed by atoms with van der Waals surface area (Å²) < 4.78 is 5.08. The van der Waals surface area contributed by atoms with Gasteiger partial charge in [0.05, 0.1) is 10.6 Å². The van der Waals surface area contributed by atoms with Crippen molar-refractivity contribution in [2.45, 2.75) is 13.5 Å². The molecule has 1 saturated heterocycles. The zero-order valence-electron chi connectivity index (χ0n) is 12.4. The lowest BCUT2D eigenvalue weighted by Crippen LogP contribution is -2.46. The smallest absolute Gasteiger partial charge is 0.269 e. The van der Waals surface area contributed by atoms with Crippen LogP contribution in [0.2, 0.25) is 0 Å². The van der Waals surface area contributed by atoms with Crippen molar-refractivity contribution in [1.29, 1.82) is 0 Å². The van der Waals surface area contributed by atoms with E-state index in [9.17, 15) is 10.1 Å². The van der Waals surface area contributed by atoms with E-state index in [1.165, 1.54) is 0 Å². The fourth-order valence-corrected chi connectivity index (χ4v) is 2.67. The number of piperazine rings is 1. The number of anilines is 1. The van der Waals surface area contributed by atoms with Crippen molar-refractivity contribution in [3.05, 3.63) is 51.9 Å². The Morgan fingerprint density at radius 2 is 1.91 bits per heavy atom. The molecule has 0 spiro atoms. The molecule has 0 bridgehead atoms. The van der Waals surface area contributed by atoms with Crippen LogP contribution >= 0.6 is 0 Å². The molecule has 1 aliphatic rings. The minimum atomic E-state index is -0.373. The third kappa shape index (κ3) is 3.25. The van der Waals surface area contributed by atoms with Crippen molar-refractivity contribution in [2.24, 2.45) is 0 Å². The van der Waals surface area contributed by atoms with Crippen molar-refractivity contribution < 1.29 is 9.45 Å². The van der Waals surface area contributed by atoms with Gasteiger partial charge in [-0.3, -0.25) is 15.0 Å². The van der Waals surface area contributed by atoms with Crippen molar-refractivity contribution in [2.75, 3.05) is 31.1 Å². The molecule has 1 aromatic heterocycles. The zero-order valence-corrected chi connectivity index (χ0v) is 12.4. The van der Waals surface area contributed by atoms with E-state index in [0.717, 1.165) is 49.9 Å². The lowest BCUT2D eigenvalue weighted by atomic mass is 10.2. The molecule has 0 amide bonds. The highest BCUT2D eigenvalue weighted by atomic mass is 16.6. The highest BCUT2D eigenvalue weighted by Crippen LogP contribution is 2.21. The third-order valence-corrected chi connectivity index (χ3v) is 3.86. The second-order valence-corrected chi connectivity index (χ2v) is 5.47. The minimum Gasteiger partial charge on any atom is -0.369 e. The maximum absolute atomic E-state index is 10.7. The highest BCUT2D eigenvalue weighted by Gasteiger charge is 2.19. The van der Waals surface area contributed by atoms with Gasteiger partial charge in [0.1, 0.15) is 5.76 Å². The van der Waals surface area contributed by atoms with Gasteiger partial charge in [-0.2, -0.15) is 0 Å². The van der Waals surface area contributed by atoms with Gasteiger partial charge in [0.2, 0.25) is 0 Å². The number of hydrogen-bond donors (Lipinski definition) is 0. The third-order valence-electron chi connectivity index (χ3n) is 3.86.